The third-order valence-electron chi connectivity index (χ3n) is 2.09. The zero-order valence-corrected chi connectivity index (χ0v) is 6.68. The first kappa shape index (κ1) is 6.40. The number of hydrogen-bond donors (Lipinski definition) is 1. The van der Waals surface area contributed by atoms with Crippen LogP contribution in [0.15, 0.2) is 18.5 Å². The van der Waals surface area contributed by atoms with Crippen molar-refractivity contribution in [1.29, 1.82) is 0 Å². The Kier molecular flexibility index (Phi) is 1.22. The van der Waals surface area contributed by atoms with Gasteiger partial charge in [-0.15, -0.1) is 0 Å². The molecule has 2 aromatic rings. The van der Waals surface area contributed by atoms with E-state index in [-0.39, 0.29) is 0 Å². The first-order valence-electron chi connectivity index (χ1n) is 3.68. The minimum absolute atomic E-state index is 1.10. The molecule has 0 aliphatic heterocycles. The number of aromatic amines is 1. The van der Waals surface area contributed by atoms with Crippen LogP contribution in [0, 0.1) is 13.8 Å². The van der Waals surface area contributed by atoms with Crippen molar-refractivity contribution < 1.29 is 0 Å². The van der Waals surface area contributed by atoms with Gasteiger partial charge in [0.2, 0.25) is 0 Å². The second-order valence-corrected chi connectivity index (χ2v) is 2.78. The Morgan fingerprint density at radius 3 is 3.00 bits per heavy atom. The average Bonchev–Trinajstić information content (AvgIpc) is 2.45. The van der Waals surface area contributed by atoms with Crippen LogP contribution < -0.4 is 0 Å². The summed E-state index contributed by atoms with van der Waals surface area (Å²) >= 11 is 0. The van der Waals surface area contributed by atoms with E-state index < -0.39 is 0 Å². The van der Waals surface area contributed by atoms with E-state index in [1.54, 1.807) is 0 Å². The highest BCUT2D eigenvalue weighted by Gasteiger charge is 2.00. The zero-order valence-electron chi connectivity index (χ0n) is 6.68. The van der Waals surface area contributed by atoms with Crippen LogP contribution >= 0.6 is 0 Å². The number of aryl methyl sites for hydroxylation is 2. The molecule has 0 atom stereocenters. The molecule has 0 amide bonds. The molecule has 2 aromatic heterocycles. The molecule has 11 heavy (non-hydrogen) atoms. The van der Waals surface area contributed by atoms with Crippen LogP contribution in [0.25, 0.3) is 10.9 Å². The fourth-order valence-corrected chi connectivity index (χ4v) is 1.26. The van der Waals surface area contributed by atoms with Gasteiger partial charge in [-0.1, -0.05) is 0 Å². The second-order valence-electron chi connectivity index (χ2n) is 2.78. The van der Waals surface area contributed by atoms with E-state index in [9.17, 15) is 0 Å². The molecule has 1 N–H and O–H groups in total. The SMILES string of the molecule is Cc1ncc2cc[nH]c2c1C. The predicted octanol–water partition coefficient (Wildman–Crippen LogP) is 2.18. The zero-order chi connectivity index (χ0) is 7.84. The number of nitrogens with zero attached hydrogens (tertiary/aromatic N) is 1. The predicted molar refractivity (Wildman–Crippen MR) is 45.6 cm³/mol. The van der Waals surface area contributed by atoms with Gasteiger partial charge in [0.15, 0.2) is 0 Å². The molecule has 2 heteroatoms. The van der Waals surface area contributed by atoms with Gasteiger partial charge in [-0.05, 0) is 25.5 Å². The largest absolute Gasteiger partial charge is 0.361 e. The number of aromatic nitrogens is 2. The van der Waals surface area contributed by atoms with E-state index in [1.165, 1.54) is 16.5 Å². The van der Waals surface area contributed by atoms with Crippen molar-refractivity contribution in [2.24, 2.45) is 0 Å². The van der Waals surface area contributed by atoms with Gasteiger partial charge in [-0.2, -0.15) is 0 Å². The third-order valence-corrected chi connectivity index (χ3v) is 2.09. The van der Waals surface area contributed by atoms with Crippen LogP contribution in [0.3, 0.4) is 0 Å². The van der Waals surface area contributed by atoms with Gasteiger partial charge < -0.3 is 4.98 Å². The second kappa shape index (κ2) is 2.09. The fraction of sp³-hybridized carbons (Fsp3) is 0.222. The molecule has 0 saturated carbocycles. The van der Waals surface area contributed by atoms with Crippen molar-refractivity contribution in [3.8, 4) is 0 Å². The number of hydrogen-bond acceptors (Lipinski definition) is 1. The van der Waals surface area contributed by atoms with E-state index in [0.29, 0.717) is 0 Å². The lowest BCUT2D eigenvalue weighted by atomic mass is 10.2. The summed E-state index contributed by atoms with van der Waals surface area (Å²) in [6.07, 6.45) is 3.84. The minimum Gasteiger partial charge on any atom is -0.361 e. The summed E-state index contributed by atoms with van der Waals surface area (Å²) in [6.45, 7) is 4.11. The van der Waals surface area contributed by atoms with Crippen molar-refractivity contribution in [1.82, 2.24) is 9.97 Å². The van der Waals surface area contributed by atoms with Crippen molar-refractivity contribution in [2.75, 3.05) is 0 Å². The van der Waals surface area contributed by atoms with E-state index in [4.69, 9.17) is 0 Å². The maximum atomic E-state index is 4.26. The summed E-state index contributed by atoms with van der Waals surface area (Å²) in [5.41, 5.74) is 3.55. The molecule has 2 heterocycles. The molecule has 0 fully saturated rings. The Morgan fingerprint density at radius 2 is 2.18 bits per heavy atom. The third kappa shape index (κ3) is 0.827. The molecular formula is C9H10N2. The Balaban J connectivity index is 2.93. The Hall–Kier alpha value is -1.31. The van der Waals surface area contributed by atoms with Gasteiger partial charge in [-0.25, -0.2) is 0 Å². The smallest absolute Gasteiger partial charge is 0.0517 e. The quantitative estimate of drug-likeness (QED) is 0.606. The number of H-pyrrole nitrogens is 1. The summed E-state index contributed by atoms with van der Waals surface area (Å²) in [6, 6.07) is 2.04. The van der Waals surface area contributed by atoms with E-state index in [2.05, 4.69) is 16.9 Å². The number of nitrogens with one attached hydrogen (secondary N) is 1. The number of rotatable bonds is 0. The van der Waals surface area contributed by atoms with Crippen LogP contribution in [-0.2, 0) is 0 Å². The molecular weight excluding hydrogens is 136 g/mol. The Morgan fingerprint density at radius 1 is 1.36 bits per heavy atom. The molecule has 0 aromatic carbocycles. The maximum absolute atomic E-state index is 4.26. The average molecular weight is 146 g/mol. The summed E-state index contributed by atoms with van der Waals surface area (Å²) in [5, 5.41) is 1.19. The summed E-state index contributed by atoms with van der Waals surface area (Å²) in [5.74, 6) is 0. The topological polar surface area (TPSA) is 28.7 Å². The summed E-state index contributed by atoms with van der Waals surface area (Å²) in [4.78, 5) is 7.45. The van der Waals surface area contributed by atoms with Crippen molar-refractivity contribution in [3.05, 3.63) is 29.7 Å². The molecule has 0 aliphatic carbocycles. The standard InChI is InChI=1S/C9H10N2/c1-6-7(2)11-5-8-3-4-10-9(6)8/h3-5,10H,1-2H3. The molecule has 2 rings (SSSR count). The van der Waals surface area contributed by atoms with E-state index >= 15 is 0 Å². The summed E-state index contributed by atoms with van der Waals surface area (Å²) in [7, 11) is 0. The molecule has 0 aliphatic rings. The lowest BCUT2D eigenvalue weighted by Crippen LogP contribution is -1.86. The maximum Gasteiger partial charge on any atom is 0.0517 e. The lowest BCUT2D eigenvalue weighted by Gasteiger charge is -1.98. The normalized spacial score (nSPS) is 10.7. The first-order valence-corrected chi connectivity index (χ1v) is 3.68. The Labute approximate surface area is 65.3 Å². The lowest BCUT2D eigenvalue weighted by molar-refractivity contribution is 1.17. The highest BCUT2D eigenvalue weighted by atomic mass is 14.7. The Bertz CT molecular complexity index is 387. The van der Waals surface area contributed by atoms with Crippen LogP contribution in [-0.4, -0.2) is 9.97 Å². The molecule has 56 valence electrons. The first-order chi connectivity index (χ1) is 5.29. The van der Waals surface area contributed by atoms with Gasteiger partial charge >= 0.3 is 0 Å². The van der Waals surface area contributed by atoms with Crippen LogP contribution in [0.4, 0.5) is 0 Å². The van der Waals surface area contributed by atoms with Gasteiger partial charge in [0, 0.05) is 23.5 Å². The molecule has 0 saturated heterocycles. The molecule has 0 bridgehead atoms. The fourth-order valence-electron chi connectivity index (χ4n) is 1.26. The van der Waals surface area contributed by atoms with Gasteiger partial charge in [0.1, 0.15) is 0 Å². The van der Waals surface area contributed by atoms with Crippen molar-refractivity contribution >= 4 is 10.9 Å². The highest BCUT2D eigenvalue weighted by molar-refractivity contribution is 5.81. The van der Waals surface area contributed by atoms with Crippen LogP contribution in [0.2, 0.25) is 0 Å². The molecule has 0 spiro atoms. The highest BCUT2D eigenvalue weighted by Crippen LogP contribution is 2.16. The number of fused-ring (bicyclic) bond motifs is 1. The molecule has 2 nitrogen and oxygen atoms in total. The van der Waals surface area contributed by atoms with Gasteiger partial charge in [-0.3, -0.25) is 4.98 Å². The number of pyridine rings is 1. The molecule has 0 unspecified atom stereocenters. The summed E-state index contributed by atoms with van der Waals surface area (Å²) < 4.78 is 0. The van der Waals surface area contributed by atoms with Gasteiger partial charge in [0.05, 0.1) is 5.52 Å². The monoisotopic (exact) mass is 146 g/mol. The van der Waals surface area contributed by atoms with E-state index in [0.717, 1.165) is 5.69 Å². The minimum atomic E-state index is 1.10. The van der Waals surface area contributed by atoms with Crippen LogP contribution in [0.1, 0.15) is 11.3 Å². The van der Waals surface area contributed by atoms with Crippen LogP contribution in [0.5, 0.6) is 0 Å². The van der Waals surface area contributed by atoms with Gasteiger partial charge in [0.25, 0.3) is 0 Å². The van der Waals surface area contributed by atoms with E-state index in [1.807, 2.05) is 25.4 Å². The van der Waals surface area contributed by atoms with Crippen molar-refractivity contribution in [3.63, 3.8) is 0 Å². The van der Waals surface area contributed by atoms with Crippen molar-refractivity contribution in [2.45, 2.75) is 13.8 Å². The molecule has 0 radical (unpaired) electrons.